The van der Waals surface area contributed by atoms with Crippen LogP contribution in [0.25, 0.3) is 0 Å². The van der Waals surface area contributed by atoms with Crippen LogP contribution >= 0.6 is 0 Å². The summed E-state index contributed by atoms with van der Waals surface area (Å²) < 4.78 is 0. The van der Waals surface area contributed by atoms with Crippen molar-refractivity contribution in [3.05, 3.63) is 0 Å². The lowest BCUT2D eigenvalue weighted by molar-refractivity contribution is 0.0339. The van der Waals surface area contributed by atoms with Crippen LogP contribution in [0.2, 0.25) is 0 Å². The Bertz CT molecular complexity index is 223. The van der Waals surface area contributed by atoms with E-state index in [2.05, 4.69) is 17.3 Å². The molecule has 94 valence electrons. The van der Waals surface area contributed by atoms with Crippen molar-refractivity contribution in [2.75, 3.05) is 13.6 Å². The van der Waals surface area contributed by atoms with Gasteiger partial charge in [-0.15, -0.1) is 0 Å². The van der Waals surface area contributed by atoms with Crippen LogP contribution in [0.5, 0.6) is 0 Å². The van der Waals surface area contributed by atoms with Crippen molar-refractivity contribution in [2.45, 2.75) is 69.7 Å². The van der Waals surface area contributed by atoms with Crippen molar-refractivity contribution >= 4 is 0 Å². The van der Waals surface area contributed by atoms with Crippen LogP contribution in [-0.4, -0.2) is 47.3 Å². The molecular weight excluding hydrogens is 200 g/mol. The van der Waals surface area contributed by atoms with Crippen molar-refractivity contribution in [1.82, 2.24) is 10.2 Å². The van der Waals surface area contributed by atoms with Crippen LogP contribution in [0.4, 0.5) is 0 Å². The number of nitrogens with one attached hydrogen (secondary N) is 1. The van der Waals surface area contributed by atoms with Crippen LogP contribution in [-0.2, 0) is 0 Å². The second kappa shape index (κ2) is 4.63. The van der Waals surface area contributed by atoms with Gasteiger partial charge in [-0.05, 0) is 46.6 Å². The van der Waals surface area contributed by atoms with Gasteiger partial charge in [0.05, 0.1) is 5.60 Å². The monoisotopic (exact) mass is 226 g/mol. The molecule has 2 unspecified atom stereocenters. The SMILES string of the molecule is CN1C2CCCC1CC(NCC(C)(C)O)C2. The first-order valence-corrected chi connectivity index (χ1v) is 6.63. The Kier molecular flexibility index (Phi) is 3.57. The average molecular weight is 226 g/mol. The molecule has 0 radical (unpaired) electrons. The van der Waals surface area contributed by atoms with Gasteiger partial charge in [0.15, 0.2) is 0 Å². The molecule has 2 N–H and O–H groups in total. The number of hydrogen-bond donors (Lipinski definition) is 2. The summed E-state index contributed by atoms with van der Waals surface area (Å²) in [5.74, 6) is 0. The van der Waals surface area contributed by atoms with E-state index in [0.717, 1.165) is 12.1 Å². The molecule has 2 heterocycles. The third-order valence-electron chi connectivity index (χ3n) is 4.16. The number of hydrogen-bond acceptors (Lipinski definition) is 3. The summed E-state index contributed by atoms with van der Waals surface area (Å²) in [6, 6.07) is 2.15. The van der Waals surface area contributed by atoms with Gasteiger partial charge in [0.2, 0.25) is 0 Å². The Morgan fingerprint density at radius 1 is 1.25 bits per heavy atom. The Morgan fingerprint density at radius 2 is 1.81 bits per heavy atom. The van der Waals surface area contributed by atoms with Crippen molar-refractivity contribution in [2.24, 2.45) is 0 Å². The van der Waals surface area contributed by atoms with Gasteiger partial charge < -0.3 is 15.3 Å². The quantitative estimate of drug-likeness (QED) is 0.763. The number of aliphatic hydroxyl groups is 1. The highest BCUT2D eigenvalue weighted by molar-refractivity contribution is 4.94. The van der Waals surface area contributed by atoms with Gasteiger partial charge in [-0.2, -0.15) is 0 Å². The topological polar surface area (TPSA) is 35.5 Å². The van der Waals surface area contributed by atoms with Gasteiger partial charge in [-0.1, -0.05) is 6.42 Å². The van der Waals surface area contributed by atoms with E-state index in [1.807, 2.05) is 13.8 Å². The van der Waals surface area contributed by atoms with E-state index in [-0.39, 0.29) is 0 Å². The highest BCUT2D eigenvalue weighted by Crippen LogP contribution is 2.32. The molecule has 2 fully saturated rings. The molecule has 0 aromatic rings. The number of nitrogens with zero attached hydrogens (tertiary/aromatic N) is 1. The molecule has 0 aromatic heterocycles. The molecule has 2 bridgehead atoms. The molecular formula is C13H26N2O. The molecule has 2 saturated heterocycles. The van der Waals surface area contributed by atoms with Crippen LogP contribution < -0.4 is 5.32 Å². The lowest BCUT2D eigenvalue weighted by atomic mass is 9.82. The fourth-order valence-electron chi connectivity index (χ4n) is 3.18. The minimum Gasteiger partial charge on any atom is -0.389 e. The molecule has 0 spiro atoms. The zero-order valence-corrected chi connectivity index (χ0v) is 10.9. The van der Waals surface area contributed by atoms with Crippen molar-refractivity contribution in [3.8, 4) is 0 Å². The molecule has 3 nitrogen and oxygen atoms in total. The van der Waals surface area contributed by atoms with Crippen molar-refractivity contribution in [3.63, 3.8) is 0 Å². The number of piperidine rings is 2. The van der Waals surface area contributed by atoms with Gasteiger partial charge in [-0.3, -0.25) is 0 Å². The second-order valence-corrected chi connectivity index (χ2v) is 6.27. The van der Waals surface area contributed by atoms with Crippen molar-refractivity contribution < 1.29 is 5.11 Å². The number of rotatable bonds is 3. The molecule has 0 aromatic carbocycles. The first-order chi connectivity index (χ1) is 7.46. The summed E-state index contributed by atoms with van der Waals surface area (Å²) >= 11 is 0. The summed E-state index contributed by atoms with van der Waals surface area (Å²) in [5, 5.41) is 13.3. The van der Waals surface area contributed by atoms with E-state index in [1.165, 1.54) is 32.1 Å². The fourth-order valence-corrected chi connectivity index (χ4v) is 3.18. The summed E-state index contributed by atoms with van der Waals surface area (Å²) in [6.45, 7) is 4.45. The molecule has 2 aliphatic heterocycles. The first-order valence-electron chi connectivity index (χ1n) is 6.63. The predicted molar refractivity (Wildman–Crippen MR) is 66.5 cm³/mol. The summed E-state index contributed by atoms with van der Waals surface area (Å²) in [4.78, 5) is 2.58. The average Bonchev–Trinajstić information content (AvgIpc) is 2.14. The van der Waals surface area contributed by atoms with E-state index in [4.69, 9.17) is 0 Å². The minimum atomic E-state index is -0.585. The van der Waals surface area contributed by atoms with Crippen LogP contribution in [0.3, 0.4) is 0 Å². The first kappa shape index (κ1) is 12.3. The molecule has 2 rings (SSSR count). The Hall–Kier alpha value is -0.120. The third-order valence-corrected chi connectivity index (χ3v) is 4.16. The standard InChI is InChI=1S/C13H26N2O/c1-13(2,16)9-14-10-7-11-5-4-6-12(8-10)15(11)3/h10-12,14,16H,4-9H2,1-3H3. The minimum absolute atomic E-state index is 0.585. The Balaban J connectivity index is 1.85. The maximum Gasteiger partial charge on any atom is 0.0715 e. The summed E-state index contributed by atoms with van der Waals surface area (Å²) in [7, 11) is 2.28. The van der Waals surface area contributed by atoms with E-state index in [1.54, 1.807) is 0 Å². The summed E-state index contributed by atoms with van der Waals surface area (Å²) in [6.07, 6.45) is 6.62. The smallest absolute Gasteiger partial charge is 0.0715 e. The fraction of sp³-hybridized carbons (Fsp3) is 1.00. The largest absolute Gasteiger partial charge is 0.389 e. The highest BCUT2D eigenvalue weighted by atomic mass is 16.3. The molecule has 0 saturated carbocycles. The molecule has 0 amide bonds. The lowest BCUT2D eigenvalue weighted by Gasteiger charge is -2.47. The van der Waals surface area contributed by atoms with E-state index < -0.39 is 5.60 Å². The molecule has 0 aliphatic carbocycles. The maximum absolute atomic E-state index is 9.73. The molecule has 16 heavy (non-hydrogen) atoms. The van der Waals surface area contributed by atoms with Gasteiger partial charge in [0.25, 0.3) is 0 Å². The third kappa shape index (κ3) is 2.96. The molecule has 3 heteroatoms. The highest BCUT2D eigenvalue weighted by Gasteiger charge is 2.35. The normalized spacial score (nSPS) is 36.4. The Labute approximate surface area is 99.2 Å². The number of fused-ring (bicyclic) bond motifs is 2. The lowest BCUT2D eigenvalue weighted by Crippen LogP contribution is -2.55. The van der Waals surface area contributed by atoms with E-state index in [9.17, 15) is 5.11 Å². The maximum atomic E-state index is 9.73. The van der Waals surface area contributed by atoms with Crippen LogP contribution in [0, 0.1) is 0 Å². The van der Waals surface area contributed by atoms with Gasteiger partial charge in [0.1, 0.15) is 0 Å². The second-order valence-electron chi connectivity index (χ2n) is 6.27. The van der Waals surface area contributed by atoms with Gasteiger partial charge in [-0.25, -0.2) is 0 Å². The van der Waals surface area contributed by atoms with Crippen LogP contribution in [0.1, 0.15) is 46.0 Å². The predicted octanol–water partition coefficient (Wildman–Crippen LogP) is 1.36. The summed E-state index contributed by atoms with van der Waals surface area (Å²) in [5.41, 5.74) is -0.585. The van der Waals surface area contributed by atoms with E-state index in [0.29, 0.717) is 12.6 Å². The van der Waals surface area contributed by atoms with Gasteiger partial charge in [0, 0.05) is 24.7 Å². The van der Waals surface area contributed by atoms with Gasteiger partial charge >= 0.3 is 0 Å². The zero-order valence-electron chi connectivity index (χ0n) is 10.9. The van der Waals surface area contributed by atoms with Crippen LogP contribution in [0.15, 0.2) is 0 Å². The zero-order chi connectivity index (χ0) is 11.8. The molecule has 2 aliphatic rings. The van der Waals surface area contributed by atoms with E-state index >= 15 is 0 Å². The molecule has 2 atom stereocenters. The van der Waals surface area contributed by atoms with Crippen molar-refractivity contribution in [1.29, 1.82) is 0 Å². The Morgan fingerprint density at radius 3 is 2.31 bits per heavy atom.